The van der Waals surface area contributed by atoms with Crippen LogP contribution in [0.1, 0.15) is 59.5 Å². The Morgan fingerprint density at radius 3 is 2.53 bits per heavy atom. The molecule has 172 valence electrons. The Labute approximate surface area is 191 Å². The van der Waals surface area contributed by atoms with E-state index in [1.807, 2.05) is 19.1 Å². The lowest BCUT2D eigenvalue weighted by molar-refractivity contribution is -0.121. The zero-order valence-corrected chi connectivity index (χ0v) is 19.9. The van der Waals surface area contributed by atoms with Gasteiger partial charge in [0.25, 0.3) is 0 Å². The molecule has 2 rings (SSSR count). The summed E-state index contributed by atoms with van der Waals surface area (Å²) in [7, 11) is 1.61. The molecular formula is C26H35N3O3. The van der Waals surface area contributed by atoms with E-state index in [4.69, 9.17) is 14.8 Å². The molecule has 2 aromatic rings. The zero-order valence-electron chi connectivity index (χ0n) is 19.9. The van der Waals surface area contributed by atoms with E-state index in [1.165, 1.54) is 11.1 Å². The lowest BCUT2D eigenvalue weighted by Gasteiger charge is -2.15. The lowest BCUT2D eigenvalue weighted by Crippen LogP contribution is -2.26. The molecule has 0 spiro atoms. The second-order valence-electron chi connectivity index (χ2n) is 7.77. The maximum Gasteiger partial charge on any atom is 0.221 e. The number of hydrogen-bond donors (Lipinski definition) is 2. The molecule has 0 fully saturated rings. The van der Waals surface area contributed by atoms with E-state index in [0.717, 1.165) is 40.9 Å². The number of pyridine rings is 1. The highest BCUT2D eigenvalue weighted by Crippen LogP contribution is 2.25. The third kappa shape index (κ3) is 6.76. The first-order valence-corrected chi connectivity index (χ1v) is 11.1. The van der Waals surface area contributed by atoms with E-state index in [0.29, 0.717) is 24.4 Å². The second kappa shape index (κ2) is 12.2. The molecule has 0 radical (unpaired) electrons. The molecule has 1 aromatic heterocycles. The highest BCUT2D eigenvalue weighted by molar-refractivity contribution is 5.97. The van der Waals surface area contributed by atoms with Crippen molar-refractivity contribution in [2.45, 2.75) is 53.4 Å². The first-order chi connectivity index (χ1) is 15.3. The van der Waals surface area contributed by atoms with E-state index in [2.05, 4.69) is 49.8 Å². The van der Waals surface area contributed by atoms with Gasteiger partial charge in [-0.05, 0) is 74.1 Å². The normalized spacial score (nSPS) is 11.4. The van der Waals surface area contributed by atoms with Gasteiger partial charge in [-0.15, -0.1) is 0 Å². The number of methoxy groups -OCH3 is 1. The van der Waals surface area contributed by atoms with Crippen molar-refractivity contribution in [3.8, 4) is 0 Å². The molecule has 0 saturated heterocycles. The number of carbonyl (C=O) groups is 1. The number of rotatable bonds is 10. The van der Waals surface area contributed by atoms with Crippen LogP contribution in [0.3, 0.4) is 0 Å². The Morgan fingerprint density at radius 1 is 1.16 bits per heavy atom. The van der Waals surface area contributed by atoms with Crippen molar-refractivity contribution in [2.75, 3.05) is 20.3 Å². The molecule has 0 aliphatic heterocycles. The van der Waals surface area contributed by atoms with E-state index in [9.17, 15) is 4.79 Å². The minimum atomic E-state index is -0.0533. The molecule has 1 heterocycles. The van der Waals surface area contributed by atoms with Gasteiger partial charge in [-0.2, -0.15) is 0 Å². The Hall–Kier alpha value is -2.99. The summed E-state index contributed by atoms with van der Waals surface area (Å²) in [5, 5.41) is 11.6. The van der Waals surface area contributed by atoms with Gasteiger partial charge in [0, 0.05) is 35.5 Å². The molecule has 6 heteroatoms. The molecule has 0 bridgehead atoms. The number of nitrogens with zero attached hydrogens (tertiary/aromatic N) is 2. The molecule has 32 heavy (non-hydrogen) atoms. The standard InChI is InChI=1S/C26H35N3O3/c1-7-20-15-21(13-17(3)24(20)9-10-25(31)27-11-12-30)19(5)29-26(32-6)22-14-18(4)28-23(8-2)16-22/h13-16,30H,5,7-12H2,1-4,6H3,(H,27,31). The van der Waals surface area contributed by atoms with Crippen LogP contribution in [0.15, 0.2) is 35.8 Å². The smallest absolute Gasteiger partial charge is 0.221 e. The van der Waals surface area contributed by atoms with Gasteiger partial charge in [-0.3, -0.25) is 9.78 Å². The number of amides is 1. The van der Waals surface area contributed by atoms with Crippen molar-refractivity contribution >= 4 is 17.5 Å². The van der Waals surface area contributed by atoms with Crippen molar-refractivity contribution in [1.29, 1.82) is 0 Å². The molecular weight excluding hydrogens is 402 g/mol. The largest absolute Gasteiger partial charge is 0.481 e. The Kier molecular flexibility index (Phi) is 9.60. The maximum atomic E-state index is 11.9. The van der Waals surface area contributed by atoms with Crippen LogP contribution < -0.4 is 5.32 Å². The Bertz CT molecular complexity index is 996. The number of carbonyl (C=O) groups excluding carboxylic acids is 1. The number of nitrogens with one attached hydrogen (secondary N) is 1. The van der Waals surface area contributed by atoms with E-state index >= 15 is 0 Å². The van der Waals surface area contributed by atoms with Crippen molar-refractivity contribution in [1.82, 2.24) is 10.3 Å². The Balaban J connectivity index is 2.30. The van der Waals surface area contributed by atoms with Crippen LogP contribution in [0.5, 0.6) is 0 Å². The lowest BCUT2D eigenvalue weighted by atomic mass is 9.92. The molecule has 0 atom stereocenters. The fourth-order valence-corrected chi connectivity index (χ4v) is 3.71. The molecule has 0 aliphatic rings. The van der Waals surface area contributed by atoms with Crippen LogP contribution in [0.4, 0.5) is 0 Å². The van der Waals surface area contributed by atoms with Gasteiger partial charge in [0.2, 0.25) is 11.8 Å². The summed E-state index contributed by atoms with van der Waals surface area (Å²) >= 11 is 0. The molecule has 2 N–H and O–H groups in total. The quantitative estimate of drug-likeness (QED) is 0.436. The highest BCUT2D eigenvalue weighted by atomic mass is 16.5. The van der Waals surface area contributed by atoms with E-state index in [-0.39, 0.29) is 19.1 Å². The fraction of sp³-hybridized carbons (Fsp3) is 0.423. The van der Waals surface area contributed by atoms with Crippen LogP contribution in [0.2, 0.25) is 0 Å². The van der Waals surface area contributed by atoms with Gasteiger partial charge < -0.3 is 15.2 Å². The molecule has 0 aliphatic carbocycles. The fourth-order valence-electron chi connectivity index (χ4n) is 3.71. The molecule has 1 amide bonds. The molecule has 6 nitrogen and oxygen atoms in total. The SMILES string of the molecule is C=C(N=C(OC)c1cc(C)nc(CC)c1)c1cc(C)c(CCC(=O)NCCO)c(CC)c1. The molecule has 1 aromatic carbocycles. The first kappa shape index (κ1) is 25.3. The summed E-state index contributed by atoms with van der Waals surface area (Å²) < 4.78 is 5.59. The Morgan fingerprint density at radius 2 is 1.91 bits per heavy atom. The van der Waals surface area contributed by atoms with Crippen LogP contribution in [-0.2, 0) is 28.8 Å². The van der Waals surface area contributed by atoms with Crippen molar-refractivity contribution in [2.24, 2.45) is 4.99 Å². The predicted molar refractivity (Wildman–Crippen MR) is 130 cm³/mol. The summed E-state index contributed by atoms with van der Waals surface area (Å²) in [4.78, 5) is 21.2. The minimum absolute atomic E-state index is 0.0510. The summed E-state index contributed by atoms with van der Waals surface area (Å²) in [6.07, 6.45) is 2.73. The van der Waals surface area contributed by atoms with Gasteiger partial charge in [0.15, 0.2) is 0 Å². The van der Waals surface area contributed by atoms with E-state index < -0.39 is 0 Å². The minimum Gasteiger partial charge on any atom is -0.481 e. The van der Waals surface area contributed by atoms with Gasteiger partial charge in [-0.1, -0.05) is 20.4 Å². The first-order valence-electron chi connectivity index (χ1n) is 11.1. The predicted octanol–water partition coefficient (Wildman–Crippen LogP) is 3.93. The van der Waals surface area contributed by atoms with Gasteiger partial charge in [0.05, 0.1) is 19.4 Å². The van der Waals surface area contributed by atoms with Crippen molar-refractivity contribution < 1.29 is 14.6 Å². The highest BCUT2D eigenvalue weighted by Gasteiger charge is 2.13. The van der Waals surface area contributed by atoms with Crippen molar-refractivity contribution in [3.63, 3.8) is 0 Å². The number of aryl methyl sites for hydroxylation is 4. The number of aliphatic hydroxyl groups excluding tert-OH is 1. The summed E-state index contributed by atoms with van der Waals surface area (Å²) in [5.74, 6) is 0.456. The van der Waals surface area contributed by atoms with Gasteiger partial charge >= 0.3 is 0 Å². The third-order valence-electron chi connectivity index (χ3n) is 5.36. The number of hydrogen-bond acceptors (Lipinski definition) is 5. The number of aliphatic imine (C=N–C) groups is 1. The van der Waals surface area contributed by atoms with Crippen LogP contribution in [0.25, 0.3) is 5.70 Å². The molecule has 0 unspecified atom stereocenters. The maximum absolute atomic E-state index is 11.9. The van der Waals surface area contributed by atoms with Crippen LogP contribution in [0, 0.1) is 13.8 Å². The monoisotopic (exact) mass is 437 g/mol. The summed E-state index contributed by atoms with van der Waals surface area (Å²) in [5.41, 5.74) is 7.82. The number of ether oxygens (including phenoxy) is 1. The van der Waals surface area contributed by atoms with Crippen LogP contribution >= 0.6 is 0 Å². The summed E-state index contributed by atoms with van der Waals surface area (Å²) in [6, 6.07) is 8.12. The second-order valence-corrected chi connectivity index (χ2v) is 7.77. The molecule has 0 saturated carbocycles. The average Bonchev–Trinajstić information content (AvgIpc) is 2.78. The van der Waals surface area contributed by atoms with E-state index in [1.54, 1.807) is 7.11 Å². The number of aliphatic hydroxyl groups is 1. The van der Waals surface area contributed by atoms with Crippen molar-refractivity contribution in [3.05, 3.63) is 70.0 Å². The third-order valence-corrected chi connectivity index (χ3v) is 5.36. The number of benzene rings is 1. The van der Waals surface area contributed by atoms with Gasteiger partial charge in [-0.25, -0.2) is 4.99 Å². The zero-order chi connectivity index (χ0) is 23.7. The average molecular weight is 438 g/mol. The van der Waals surface area contributed by atoms with Crippen LogP contribution in [-0.4, -0.2) is 42.2 Å². The number of aromatic nitrogens is 1. The topological polar surface area (TPSA) is 83.8 Å². The van der Waals surface area contributed by atoms with Gasteiger partial charge in [0.1, 0.15) is 0 Å². The summed E-state index contributed by atoms with van der Waals surface area (Å²) in [6.45, 7) is 12.6.